The predicted octanol–water partition coefficient (Wildman–Crippen LogP) is 2.10. The Morgan fingerprint density at radius 1 is 0.959 bits per heavy atom. The van der Waals surface area contributed by atoms with Crippen molar-refractivity contribution in [2.24, 2.45) is 7.05 Å². The van der Waals surface area contributed by atoms with Crippen LogP contribution in [0.25, 0.3) is 11.0 Å². The first-order chi connectivity index (χ1) is 23.5. The predicted molar refractivity (Wildman–Crippen MR) is 177 cm³/mol. The summed E-state index contributed by atoms with van der Waals surface area (Å²) in [5, 5.41) is 11.2. The number of ether oxygens (including phenoxy) is 3. The number of carbonyl (C=O) groups is 2. The number of benzene rings is 2. The first-order valence-corrected chi connectivity index (χ1v) is 15.6. The van der Waals surface area contributed by atoms with Gasteiger partial charge in [0.15, 0.2) is 34.6 Å². The van der Waals surface area contributed by atoms with Gasteiger partial charge in [-0.1, -0.05) is 18.2 Å². The normalized spacial score (nSPS) is 18.5. The van der Waals surface area contributed by atoms with E-state index in [1.807, 2.05) is 0 Å². The number of para-hydroxylation sites is 1. The molecule has 0 bridgehead atoms. The number of phenolic OH excluding ortho intramolecular Hbond substituents is 1. The van der Waals surface area contributed by atoms with Crippen LogP contribution in [0.2, 0.25) is 0 Å². The van der Waals surface area contributed by atoms with Crippen LogP contribution in [0, 0.1) is 0 Å². The maximum Gasteiger partial charge on any atom is 0.347 e. The van der Waals surface area contributed by atoms with Gasteiger partial charge in [-0.2, -0.15) is 0 Å². The number of rotatable bonds is 7. The summed E-state index contributed by atoms with van der Waals surface area (Å²) < 4.78 is 21.2. The van der Waals surface area contributed by atoms with Crippen LogP contribution >= 0.6 is 0 Å². The molecule has 14 nitrogen and oxygen atoms in total. The number of aryl methyl sites for hydroxylation is 2. The highest BCUT2D eigenvalue weighted by molar-refractivity contribution is 6.23. The average Bonchev–Trinajstić information content (AvgIpc) is 3.35. The number of phenols is 1. The molecule has 4 aromatic rings. The number of fused-ring (bicyclic) bond motifs is 4. The smallest absolute Gasteiger partial charge is 0.347 e. The molecule has 0 fully saturated rings. The van der Waals surface area contributed by atoms with Gasteiger partial charge in [0, 0.05) is 66.8 Å². The maximum absolute atomic E-state index is 14.1. The Labute approximate surface area is 278 Å². The molecule has 1 N–H and O–H groups in total. The minimum atomic E-state index is -0.872. The Morgan fingerprint density at radius 3 is 2.39 bits per heavy atom. The second-order valence-corrected chi connectivity index (χ2v) is 12.2. The summed E-state index contributed by atoms with van der Waals surface area (Å²) in [6.45, 7) is 1.44. The Balaban J connectivity index is 1.30. The average molecular weight is 668 g/mol. The van der Waals surface area contributed by atoms with Crippen LogP contribution in [0.3, 0.4) is 0 Å². The molecule has 2 aromatic heterocycles. The lowest BCUT2D eigenvalue weighted by Gasteiger charge is -2.39. The summed E-state index contributed by atoms with van der Waals surface area (Å²) in [6.07, 6.45) is 3.04. The highest BCUT2D eigenvalue weighted by Gasteiger charge is 2.45. The summed E-state index contributed by atoms with van der Waals surface area (Å²) in [7, 11) is 6.00. The summed E-state index contributed by atoms with van der Waals surface area (Å²) in [5.74, 6) is -0.696. The third-order valence-corrected chi connectivity index (χ3v) is 9.69. The zero-order valence-electron chi connectivity index (χ0n) is 27.5. The molecule has 14 heteroatoms. The fourth-order valence-electron chi connectivity index (χ4n) is 7.25. The number of carbonyl (C=O) groups excluding carboxylic acids is 2. The van der Waals surface area contributed by atoms with Crippen molar-refractivity contribution in [2.75, 3.05) is 21.3 Å². The van der Waals surface area contributed by atoms with E-state index in [9.17, 15) is 29.1 Å². The van der Waals surface area contributed by atoms with Crippen LogP contribution in [0.4, 0.5) is 0 Å². The molecular formula is C35H33N5O9. The topological polar surface area (TPSA) is 166 Å². The van der Waals surface area contributed by atoms with Crippen molar-refractivity contribution in [3.63, 3.8) is 0 Å². The van der Waals surface area contributed by atoms with E-state index >= 15 is 0 Å². The van der Waals surface area contributed by atoms with Crippen molar-refractivity contribution in [1.82, 2.24) is 23.5 Å². The zero-order chi connectivity index (χ0) is 34.9. The number of aromatic nitrogens is 5. The fraction of sp³-hybridized carbons (Fsp3) is 0.314. The van der Waals surface area contributed by atoms with Gasteiger partial charge in [0.1, 0.15) is 5.69 Å². The molecule has 1 aliphatic heterocycles. The van der Waals surface area contributed by atoms with Gasteiger partial charge in [-0.15, -0.1) is 0 Å². The molecule has 2 aromatic carbocycles. The lowest BCUT2D eigenvalue weighted by atomic mass is 9.67. The SMILES string of the molecule is COc1cc2nc(CCn3c(=O)n4n(c3=O)[C@@H]3CC5=C(C(=O)C(C)=CC5=O)[C@@H](c5cccc(OC)c5O)C3=CC4)c(=O)n(C)c2cc1OC. The van der Waals surface area contributed by atoms with Crippen LogP contribution < -0.4 is 31.1 Å². The zero-order valence-corrected chi connectivity index (χ0v) is 27.5. The largest absolute Gasteiger partial charge is 0.504 e. The van der Waals surface area contributed by atoms with E-state index in [-0.39, 0.29) is 71.4 Å². The highest BCUT2D eigenvalue weighted by atomic mass is 16.5. The third-order valence-electron chi connectivity index (χ3n) is 9.69. The van der Waals surface area contributed by atoms with E-state index in [0.717, 1.165) is 4.57 Å². The van der Waals surface area contributed by atoms with Crippen LogP contribution in [-0.4, -0.2) is 61.5 Å². The number of hydrogen-bond donors (Lipinski definition) is 1. The number of Topliss-reactive ketones (excluding diaryl/α,β-unsaturated/α-hetero) is 1. The van der Waals surface area contributed by atoms with Crippen molar-refractivity contribution in [3.8, 4) is 23.0 Å². The van der Waals surface area contributed by atoms with E-state index in [1.165, 1.54) is 41.3 Å². The summed E-state index contributed by atoms with van der Waals surface area (Å²) in [5.41, 5.74) is 1.21. The summed E-state index contributed by atoms with van der Waals surface area (Å²) in [4.78, 5) is 72.7. The summed E-state index contributed by atoms with van der Waals surface area (Å²) in [6, 6.07) is 7.41. The lowest BCUT2D eigenvalue weighted by Crippen LogP contribution is -2.40. The summed E-state index contributed by atoms with van der Waals surface area (Å²) >= 11 is 0. The molecule has 252 valence electrons. The number of allylic oxidation sites excluding steroid dienone is 6. The van der Waals surface area contributed by atoms with E-state index in [1.54, 1.807) is 50.4 Å². The second-order valence-electron chi connectivity index (χ2n) is 12.2. The first kappa shape index (κ1) is 31.7. The molecule has 0 amide bonds. The third kappa shape index (κ3) is 4.69. The molecule has 3 heterocycles. The molecule has 0 radical (unpaired) electrons. The number of nitrogens with zero attached hydrogens (tertiary/aromatic N) is 5. The Bertz CT molecular complexity index is 2400. The Morgan fingerprint density at radius 2 is 1.67 bits per heavy atom. The van der Waals surface area contributed by atoms with E-state index in [4.69, 9.17) is 14.2 Å². The van der Waals surface area contributed by atoms with Crippen LogP contribution in [0.1, 0.15) is 36.6 Å². The van der Waals surface area contributed by atoms with Gasteiger partial charge in [0.05, 0.1) is 44.9 Å². The quantitative estimate of drug-likeness (QED) is 0.228. The van der Waals surface area contributed by atoms with Crippen LogP contribution in [0.5, 0.6) is 23.0 Å². The fourth-order valence-corrected chi connectivity index (χ4v) is 7.25. The standard InChI is InChI=1S/C35H33N5O9/c1-17-13-25(41)20-14-23-18(29(30(20)31(17)42)19-7-6-8-26(47-3)32(19)43)9-12-39-34(45)38(35(46)40(23)39)11-10-21-33(44)37(2)24-16-28(49-5)27(48-4)15-22(24)36-21/h6-9,13,15-16,23,29,43H,10-12,14H2,1-5H3/t23-,29-/m1/s1. The van der Waals surface area contributed by atoms with Crippen LogP contribution in [-0.2, 0) is 36.1 Å². The van der Waals surface area contributed by atoms with Gasteiger partial charge < -0.3 is 23.9 Å². The molecule has 0 unspecified atom stereocenters. The highest BCUT2D eigenvalue weighted by Crippen LogP contribution is 2.52. The minimum absolute atomic E-state index is 0.00181. The number of methoxy groups -OCH3 is 3. The van der Waals surface area contributed by atoms with Gasteiger partial charge >= 0.3 is 11.4 Å². The van der Waals surface area contributed by atoms with Gasteiger partial charge in [-0.25, -0.2) is 28.5 Å². The minimum Gasteiger partial charge on any atom is -0.504 e. The molecule has 2 aliphatic carbocycles. The first-order valence-electron chi connectivity index (χ1n) is 15.6. The molecule has 0 spiro atoms. The monoisotopic (exact) mass is 667 g/mol. The number of ketones is 2. The Hall–Kier alpha value is -5.92. The number of aromatic hydroxyl groups is 1. The molecule has 7 rings (SSSR count). The maximum atomic E-state index is 14.1. The van der Waals surface area contributed by atoms with Crippen LogP contribution in [0.15, 0.2) is 79.2 Å². The molecular weight excluding hydrogens is 634 g/mol. The Kier molecular flexibility index (Phi) is 7.53. The van der Waals surface area contributed by atoms with Crippen molar-refractivity contribution < 1.29 is 28.9 Å². The van der Waals surface area contributed by atoms with Crippen molar-refractivity contribution in [3.05, 3.63) is 107 Å². The van der Waals surface area contributed by atoms with Crippen molar-refractivity contribution in [1.29, 1.82) is 0 Å². The van der Waals surface area contributed by atoms with E-state index in [0.29, 0.717) is 33.7 Å². The van der Waals surface area contributed by atoms with Gasteiger partial charge in [0.2, 0.25) is 0 Å². The van der Waals surface area contributed by atoms with E-state index in [2.05, 4.69) is 4.98 Å². The second kappa shape index (κ2) is 11.6. The lowest BCUT2D eigenvalue weighted by molar-refractivity contribution is -0.116. The number of hydrogen-bond acceptors (Lipinski definition) is 10. The van der Waals surface area contributed by atoms with E-state index < -0.39 is 28.9 Å². The van der Waals surface area contributed by atoms with Gasteiger partial charge in [0.25, 0.3) is 5.56 Å². The molecule has 49 heavy (non-hydrogen) atoms. The van der Waals surface area contributed by atoms with Crippen molar-refractivity contribution in [2.45, 2.75) is 44.8 Å². The molecule has 0 saturated heterocycles. The molecule has 3 aliphatic rings. The van der Waals surface area contributed by atoms with Gasteiger partial charge in [-0.3, -0.25) is 14.4 Å². The van der Waals surface area contributed by atoms with Crippen molar-refractivity contribution >= 4 is 22.6 Å². The molecule has 0 saturated carbocycles. The molecule has 2 atom stereocenters. The van der Waals surface area contributed by atoms with Gasteiger partial charge in [-0.05, 0) is 24.6 Å².